The Morgan fingerprint density at radius 3 is 2.62 bits per heavy atom. The van der Waals surface area contributed by atoms with Crippen LogP contribution in [0.1, 0.15) is 6.92 Å². The number of rotatable bonds is 2. The first kappa shape index (κ1) is 7.27. The minimum absolute atomic E-state index is 0.484. The van der Waals surface area contributed by atoms with Gasteiger partial charge in [0.25, 0.3) is 0 Å². The van der Waals surface area contributed by atoms with Crippen LogP contribution in [0.5, 0.6) is 0 Å². The molecule has 1 unspecified atom stereocenters. The topological polar surface area (TPSA) is 55.4 Å². The Kier molecular flexibility index (Phi) is 2.99. The largest absolute Gasteiger partial charge is 0.368 e. The molecule has 0 saturated heterocycles. The van der Waals surface area contributed by atoms with E-state index >= 15 is 0 Å². The van der Waals surface area contributed by atoms with Crippen LogP contribution in [0.4, 0.5) is 0 Å². The average molecular weight is 130 g/mol. The normalized spacial score (nSPS) is 11.6. The molecule has 0 heterocycles. The third-order valence-electron chi connectivity index (χ3n) is 0.658. The van der Waals surface area contributed by atoms with E-state index in [-0.39, 0.29) is 0 Å². The first-order valence-corrected chi connectivity index (χ1v) is 2.45. The molecular formula is C4H6N2OS. The number of carbonyl (C=O) groups is 1. The van der Waals surface area contributed by atoms with Crippen molar-refractivity contribution in [1.82, 2.24) is 0 Å². The molecule has 1 amide bonds. The van der Waals surface area contributed by atoms with Gasteiger partial charge in [-0.05, 0) is 19.1 Å². The van der Waals surface area contributed by atoms with Gasteiger partial charge >= 0.3 is 0 Å². The number of hydrogen-bond acceptors (Lipinski definition) is 3. The van der Waals surface area contributed by atoms with E-state index in [0.717, 1.165) is 0 Å². The summed E-state index contributed by atoms with van der Waals surface area (Å²) in [6, 6.07) is -0.535. The molecule has 3 nitrogen and oxygen atoms in total. The van der Waals surface area contributed by atoms with Gasteiger partial charge in [0, 0.05) is 0 Å². The molecule has 1 atom stereocenters. The van der Waals surface area contributed by atoms with Gasteiger partial charge in [0.2, 0.25) is 5.91 Å². The fraction of sp³-hybridized carbons (Fsp3) is 0.500. The minimum Gasteiger partial charge on any atom is -0.368 e. The zero-order valence-electron chi connectivity index (χ0n) is 4.42. The molecule has 0 aliphatic heterocycles. The molecule has 0 aromatic carbocycles. The first-order chi connectivity index (χ1) is 3.68. The summed E-state index contributed by atoms with van der Waals surface area (Å²) in [6.07, 6.45) is 0. The highest BCUT2D eigenvalue weighted by atomic mass is 32.1. The smallest absolute Gasteiger partial charge is 0.242 e. The van der Waals surface area contributed by atoms with Crippen molar-refractivity contribution in [1.29, 1.82) is 0 Å². The van der Waals surface area contributed by atoms with Crippen LogP contribution in [-0.4, -0.2) is 17.1 Å². The molecule has 2 N–H and O–H groups in total. The minimum atomic E-state index is -0.535. The molecule has 0 fully saturated rings. The second kappa shape index (κ2) is 3.29. The summed E-state index contributed by atoms with van der Waals surface area (Å²) < 4.78 is 0. The van der Waals surface area contributed by atoms with Crippen molar-refractivity contribution in [3.05, 3.63) is 0 Å². The Hall–Kier alpha value is -0.730. The summed E-state index contributed by atoms with van der Waals surface area (Å²) in [7, 11) is 0. The van der Waals surface area contributed by atoms with Crippen molar-refractivity contribution in [3.8, 4) is 0 Å². The Bertz CT molecular complexity index is 137. The molecule has 0 rings (SSSR count). The second-order valence-corrected chi connectivity index (χ2v) is 1.48. The number of nitrogens with two attached hydrogens (primary N) is 1. The number of isothiocyanates is 1. The summed E-state index contributed by atoms with van der Waals surface area (Å²) in [5, 5.41) is 2.06. The van der Waals surface area contributed by atoms with Crippen LogP contribution >= 0.6 is 12.2 Å². The molecule has 0 radical (unpaired) electrons. The zero-order valence-corrected chi connectivity index (χ0v) is 5.23. The first-order valence-electron chi connectivity index (χ1n) is 2.04. The second-order valence-electron chi connectivity index (χ2n) is 1.30. The Balaban J connectivity index is 3.82. The lowest BCUT2D eigenvalue weighted by atomic mass is 10.3. The maximum Gasteiger partial charge on any atom is 0.242 e. The van der Waals surface area contributed by atoms with Crippen LogP contribution in [0.2, 0.25) is 0 Å². The fourth-order valence-electron chi connectivity index (χ4n) is 0.143. The van der Waals surface area contributed by atoms with Crippen molar-refractivity contribution in [2.24, 2.45) is 10.7 Å². The molecule has 0 aromatic heterocycles. The standard InChI is InChI=1S/C4H6N2OS/c1-3(4(5)7)6-2-8/h3H,1H3,(H2,5,7). The summed E-state index contributed by atoms with van der Waals surface area (Å²) in [5.74, 6) is -0.484. The number of carbonyl (C=O) groups excluding carboxylic acids is 1. The quantitative estimate of drug-likeness (QED) is 0.421. The van der Waals surface area contributed by atoms with Crippen LogP contribution in [0.15, 0.2) is 4.99 Å². The van der Waals surface area contributed by atoms with E-state index in [1.165, 1.54) is 0 Å². The van der Waals surface area contributed by atoms with Gasteiger partial charge in [0.15, 0.2) is 0 Å². The lowest BCUT2D eigenvalue weighted by molar-refractivity contribution is -0.118. The van der Waals surface area contributed by atoms with E-state index in [0.29, 0.717) is 0 Å². The monoisotopic (exact) mass is 130 g/mol. The summed E-state index contributed by atoms with van der Waals surface area (Å²) in [5.41, 5.74) is 4.80. The van der Waals surface area contributed by atoms with Crippen molar-refractivity contribution in [2.75, 3.05) is 0 Å². The zero-order chi connectivity index (χ0) is 6.57. The van der Waals surface area contributed by atoms with Gasteiger partial charge in [-0.1, -0.05) is 0 Å². The number of nitrogens with zero attached hydrogens (tertiary/aromatic N) is 1. The Labute approximate surface area is 52.6 Å². The Morgan fingerprint density at radius 1 is 2.00 bits per heavy atom. The van der Waals surface area contributed by atoms with E-state index in [2.05, 4.69) is 22.4 Å². The van der Waals surface area contributed by atoms with Gasteiger partial charge in [0.05, 0.1) is 5.16 Å². The SMILES string of the molecule is CC(N=C=S)C(N)=O. The van der Waals surface area contributed by atoms with Crippen LogP contribution < -0.4 is 5.73 Å². The van der Waals surface area contributed by atoms with Crippen LogP contribution in [0.3, 0.4) is 0 Å². The molecule has 4 heteroatoms. The molecule has 0 aromatic rings. The third kappa shape index (κ3) is 2.44. The van der Waals surface area contributed by atoms with E-state index < -0.39 is 11.9 Å². The number of aliphatic imine (C=N–C) groups is 1. The lowest BCUT2D eigenvalue weighted by Crippen LogP contribution is -2.23. The van der Waals surface area contributed by atoms with E-state index in [4.69, 9.17) is 5.73 Å². The molecule has 8 heavy (non-hydrogen) atoms. The van der Waals surface area contributed by atoms with Crippen LogP contribution in [0, 0.1) is 0 Å². The summed E-state index contributed by atoms with van der Waals surface area (Å²) in [6.45, 7) is 1.56. The molecule has 0 saturated carbocycles. The average Bonchev–Trinajstić information content (AvgIpc) is 1.67. The van der Waals surface area contributed by atoms with Gasteiger partial charge in [-0.25, -0.2) is 4.99 Å². The van der Waals surface area contributed by atoms with E-state index in [9.17, 15) is 4.79 Å². The maximum absolute atomic E-state index is 10.1. The molecule has 44 valence electrons. The predicted octanol–water partition coefficient (Wildman–Crippen LogP) is -0.0370. The maximum atomic E-state index is 10.1. The summed E-state index contributed by atoms with van der Waals surface area (Å²) >= 11 is 4.22. The third-order valence-corrected chi connectivity index (χ3v) is 0.764. The molecule has 0 aliphatic carbocycles. The number of primary amides is 1. The highest BCUT2D eigenvalue weighted by molar-refractivity contribution is 7.78. The summed E-state index contributed by atoms with van der Waals surface area (Å²) in [4.78, 5) is 13.5. The highest BCUT2D eigenvalue weighted by Gasteiger charge is 2.02. The molecule has 0 bridgehead atoms. The van der Waals surface area contributed by atoms with Crippen molar-refractivity contribution in [3.63, 3.8) is 0 Å². The van der Waals surface area contributed by atoms with Gasteiger partial charge in [-0.15, -0.1) is 0 Å². The lowest BCUT2D eigenvalue weighted by Gasteiger charge is -1.92. The number of amides is 1. The van der Waals surface area contributed by atoms with Gasteiger partial charge < -0.3 is 5.73 Å². The molecular weight excluding hydrogens is 124 g/mol. The van der Waals surface area contributed by atoms with Crippen LogP contribution in [0.25, 0.3) is 0 Å². The van der Waals surface area contributed by atoms with Crippen molar-refractivity contribution in [2.45, 2.75) is 13.0 Å². The molecule has 0 aliphatic rings. The van der Waals surface area contributed by atoms with E-state index in [1.807, 2.05) is 0 Å². The van der Waals surface area contributed by atoms with Crippen molar-refractivity contribution >= 4 is 23.3 Å². The van der Waals surface area contributed by atoms with Gasteiger partial charge in [-0.2, -0.15) is 0 Å². The fourth-order valence-corrected chi connectivity index (χ4v) is 0.301. The number of thiocarbonyl (C=S) groups is 1. The molecule has 0 spiro atoms. The predicted molar refractivity (Wildman–Crippen MR) is 33.7 cm³/mol. The Morgan fingerprint density at radius 2 is 2.50 bits per heavy atom. The highest BCUT2D eigenvalue weighted by Crippen LogP contribution is 1.82. The van der Waals surface area contributed by atoms with Crippen LogP contribution in [-0.2, 0) is 4.79 Å². The van der Waals surface area contributed by atoms with Crippen molar-refractivity contribution < 1.29 is 4.79 Å². The van der Waals surface area contributed by atoms with E-state index in [1.54, 1.807) is 6.92 Å². The number of hydrogen-bond donors (Lipinski definition) is 1. The van der Waals surface area contributed by atoms with Gasteiger partial charge in [-0.3, -0.25) is 4.79 Å². The van der Waals surface area contributed by atoms with Gasteiger partial charge in [0.1, 0.15) is 6.04 Å².